The van der Waals surface area contributed by atoms with E-state index in [0.717, 1.165) is 28.7 Å². The Balaban J connectivity index is -0.000000896. The molecule has 0 heterocycles. The molecule has 77 heavy (non-hydrogen) atoms. The smallest absolute Gasteiger partial charge is 0.497 e. The first kappa shape index (κ1) is 74.0. The molecule has 21 heteroatoms. The van der Waals surface area contributed by atoms with Crippen LogP contribution in [-0.2, 0) is 10.2 Å². The van der Waals surface area contributed by atoms with E-state index < -0.39 is 34.1 Å². The molecule has 6 aromatic carbocycles. The molecule has 0 atom stereocenters. The zero-order chi connectivity index (χ0) is 59.6. The molecule has 0 fully saturated rings. The van der Waals surface area contributed by atoms with Gasteiger partial charge in [0.2, 0.25) is 27.7 Å². The van der Waals surface area contributed by atoms with Crippen LogP contribution in [0.25, 0.3) is 10.8 Å². The van der Waals surface area contributed by atoms with Crippen molar-refractivity contribution in [1.82, 2.24) is 0 Å². The summed E-state index contributed by atoms with van der Waals surface area (Å²) in [6.45, 7) is 3.48. The average Bonchev–Trinajstić information content (AvgIpc) is 3.39. The van der Waals surface area contributed by atoms with Gasteiger partial charge >= 0.3 is 6.43 Å². The molecule has 426 valence electrons. The number of alkyl halides is 13. The van der Waals surface area contributed by atoms with Crippen LogP contribution >= 0.6 is 0 Å². The molecular formula is C56H63F13O8. The van der Waals surface area contributed by atoms with Gasteiger partial charge in [0.1, 0.15) is 29.7 Å². The number of benzene rings is 6. The molecule has 6 aromatic rings. The number of Topliss-reactive ketones (excluding diaryl/α,β-unsaturated/α-hetero) is 4. The van der Waals surface area contributed by atoms with Crippen molar-refractivity contribution >= 4 is 33.9 Å². The highest BCUT2D eigenvalue weighted by Gasteiger charge is 2.27. The van der Waals surface area contributed by atoms with Crippen LogP contribution in [0.15, 0.2) is 133 Å². The predicted octanol–water partition coefficient (Wildman–Crippen LogP) is 17.2. The summed E-state index contributed by atoms with van der Waals surface area (Å²) in [5.41, 5.74) is 5.29. The lowest BCUT2D eigenvalue weighted by Crippen LogP contribution is -2.22. The molecule has 0 N–H and O–H groups in total. The maximum absolute atomic E-state index is 11.2. The zero-order valence-electron chi connectivity index (χ0n) is 43.8. The summed E-state index contributed by atoms with van der Waals surface area (Å²) in [4.78, 5) is 44.7. The summed E-state index contributed by atoms with van der Waals surface area (Å²) in [7, 11) is 4.86. The number of carbonyl (C=O) groups is 4. The second-order valence-electron chi connectivity index (χ2n) is 14.8. The third-order valence-corrected chi connectivity index (χ3v) is 9.85. The van der Waals surface area contributed by atoms with Crippen molar-refractivity contribution in [3.05, 3.63) is 167 Å². The Morgan fingerprint density at radius 1 is 0.416 bits per heavy atom. The molecule has 0 aromatic heterocycles. The minimum Gasteiger partial charge on any atom is -0.497 e. The Kier molecular flexibility index (Phi) is 41.2. The molecule has 0 saturated carbocycles. The van der Waals surface area contributed by atoms with Gasteiger partial charge in [0.05, 0.1) is 20.8 Å². The minimum absolute atomic E-state index is 0.00145. The number of methoxy groups -OCH3 is 3. The normalized spacial score (nSPS) is 9.79. The molecule has 0 bridgehead atoms. The molecule has 0 radical (unpaired) electrons. The van der Waals surface area contributed by atoms with E-state index in [2.05, 4.69) is 42.8 Å². The van der Waals surface area contributed by atoms with E-state index >= 15 is 0 Å². The van der Waals surface area contributed by atoms with Crippen LogP contribution in [0.1, 0.15) is 101 Å². The molecule has 0 spiro atoms. The van der Waals surface area contributed by atoms with Crippen LogP contribution in [0.4, 0.5) is 57.1 Å². The highest BCUT2D eigenvalue weighted by atomic mass is 19.5. The second-order valence-corrected chi connectivity index (χ2v) is 14.8. The maximum atomic E-state index is 11.2. The predicted molar refractivity (Wildman–Crippen MR) is 273 cm³/mol. The standard InChI is InChI=1S/C18H22O2.C16H14O3.C14H12O2.C3H7FO.CF4.4CH2F2/c1-5-18(2,14-6-10-16(19-3)11-7-14)15-8-12-17(20-4)13-9-15;1-11(17)13-3-7-15(8-4-13)19-16-9-5-14(6-10-16)12(2)18;1-9(15)11-3-5-14-8-12(10(2)16)4-6-13(14)7-11;1-5-3-2-4;2-1(3,4)5;4*2-1-3/h6-13H,5H2,1-4H3;3-10H,1-2H3;3-8H,1-2H3;2-3H2,1H3;;4*1H2. The second kappa shape index (κ2) is 42.9. The van der Waals surface area contributed by atoms with Crippen LogP contribution in [0.3, 0.4) is 0 Å². The van der Waals surface area contributed by atoms with E-state index in [9.17, 15) is 76.3 Å². The molecule has 6 rings (SSSR count). The lowest BCUT2D eigenvalue weighted by Gasteiger charge is -2.30. The first-order valence-corrected chi connectivity index (χ1v) is 22.4. The molecule has 0 saturated heterocycles. The molecule has 0 aliphatic carbocycles. The minimum atomic E-state index is -5.50. The number of hydrogen-bond acceptors (Lipinski definition) is 8. The van der Waals surface area contributed by atoms with Gasteiger partial charge in [0.25, 0.3) is 0 Å². The summed E-state index contributed by atoms with van der Waals surface area (Å²) in [5, 5.41) is 1.97. The quantitative estimate of drug-likeness (QED) is 0.0832. The Bertz CT molecular complexity index is 2340. The summed E-state index contributed by atoms with van der Waals surface area (Å²) in [6.07, 6.45) is -4.47. The first-order chi connectivity index (χ1) is 36.3. The fourth-order valence-corrected chi connectivity index (χ4v) is 5.90. The Labute approximate surface area is 440 Å². The van der Waals surface area contributed by atoms with Gasteiger partial charge in [-0.3, -0.25) is 19.2 Å². The van der Waals surface area contributed by atoms with E-state index in [0.29, 0.717) is 33.8 Å². The van der Waals surface area contributed by atoms with Gasteiger partial charge in [0.15, 0.2) is 23.1 Å². The largest absolute Gasteiger partial charge is 0.559 e. The Hall–Kier alpha value is -7.29. The lowest BCUT2D eigenvalue weighted by atomic mass is 9.74. The summed E-state index contributed by atoms with van der Waals surface area (Å²) >= 11 is 0. The van der Waals surface area contributed by atoms with Crippen LogP contribution < -0.4 is 14.2 Å². The zero-order valence-corrected chi connectivity index (χ0v) is 43.8. The number of fused-ring (bicyclic) bond motifs is 1. The lowest BCUT2D eigenvalue weighted by molar-refractivity contribution is -0.237. The molecule has 0 unspecified atom stereocenters. The fraction of sp³-hybridized carbons (Fsp3) is 0.321. The monoisotopic (exact) mass is 1110 g/mol. The van der Waals surface area contributed by atoms with Crippen LogP contribution in [-0.4, -0.2) is 91.9 Å². The summed E-state index contributed by atoms with van der Waals surface area (Å²) < 4.78 is 147. The number of halogens is 13. The van der Waals surface area contributed by atoms with Gasteiger partial charge < -0.3 is 18.9 Å². The van der Waals surface area contributed by atoms with E-state index in [4.69, 9.17) is 14.2 Å². The van der Waals surface area contributed by atoms with Gasteiger partial charge in [-0.15, -0.1) is 17.6 Å². The van der Waals surface area contributed by atoms with Crippen molar-refractivity contribution in [2.24, 2.45) is 0 Å². The van der Waals surface area contributed by atoms with Crippen molar-refractivity contribution in [3.8, 4) is 23.0 Å². The van der Waals surface area contributed by atoms with E-state index in [1.54, 1.807) is 88.7 Å². The third-order valence-electron chi connectivity index (χ3n) is 9.85. The van der Waals surface area contributed by atoms with Crippen molar-refractivity contribution in [1.29, 1.82) is 0 Å². The van der Waals surface area contributed by atoms with E-state index in [1.165, 1.54) is 32.1 Å². The Morgan fingerprint density at radius 2 is 0.662 bits per heavy atom. The number of ketones is 4. The molecule has 0 aliphatic rings. The SMILES string of the molecule is CC(=O)c1ccc(Oc2ccc(C(C)=O)cc2)cc1.CC(=O)c1ccc2cc(C(C)=O)ccc2c1.CCC(C)(c1ccc(OC)cc1)c1ccc(OC)cc1.COCCF.FC(F)(F)F.FCF.FCF.FCF.FCF. The van der Waals surface area contributed by atoms with Crippen LogP contribution in [0, 0.1) is 0 Å². The van der Waals surface area contributed by atoms with Gasteiger partial charge in [-0.1, -0.05) is 62.4 Å². The Morgan fingerprint density at radius 3 is 0.857 bits per heavy atom. The summed E-state index contributed by atoms with van der Waals surface area (Å²) in [5.74, 6) is 3.25. The molecule has 8 nitrogen and oxygen atoms in total. The van der Waals surface area contributed by atoms with Gasteiger partial charge in [-0.05, 0) is 141 Å². The number of carbonyl (C=O) groups excluding carboxylic acids is 4. The van der Waals surface area contributed by atoms with Gasteiger partial charge in [-0.25, -0.2) is 39.5 Å². The fourth-order valence-electron chi connectivity index (χ4n) is 5.90. The highest BCUT2D eigenvalue weighted by Crippen LogP contribution is 2.36. The number of hydrogen-bond donors (Lipinski definition) is 0. The van der Waals surface area contributed by atoms with Gasteiger partial charge in [0, 0.05) is 34.8 Å². The van der Waals surface area contributed by atoms with Crippen molar-refractivity contribution in [2.75, 3.05) is 62.3 Å². The molecule has 0 aliphatic heterocycles. The van der Waals surface area contributed by atoms with E-state index in [-0.39, 0.29) is 41.8 Å². The van der Waals surface area contributed by atoms with Crippen molar-refractivity contribution in [3.63, 3.8) is 0 Å². The molecule has 0 amide bonds. The molecular weight excluding hydrogens is 1050 g/mol. The number of ether oxygens (including phenoxy) is 4. The van der Waals surface area contributed by atoms with E-state index in [1.807, 2.05) is 48.5 Å². The van der Waals surface area contributed by atoms with Crippen molar-refractivity contribution in [2.45, 2.75) is 59.8 Å². The summed E-state index contributed by atoms with van der Waals surface area (Å²) in [6, 6.07) is 41.6. The third kappa shape index (κ3) is 33.4. The highest BCUT2D eigenvalue weighted by molar-refractivity contribution is 6.01. The number of rotatable bonds is 13. The van der Waals surface area contributed by atoms with Crippen LogP contribution in [0.2, 0.25) is 0 Å². The average molecular weight is 1110 g/mol. The topological polar surface area (TPSA) is 105 Å². The van der Waals surface area contributed by atoms with Crippen LogP contribution in [0.5, 0.6) is 23.0 Å². The first-order valence-electron chi connectivity index (χ1n) is 22.4. The van der Waals surface area contributed by atoms with Crippen molar-refractivity contribution < 1.29 is 95.2 Å². The van der Waals surface area contributed by atoms with Gasteiger partial charge in [-0.2, -0.15) is 0 Å². The maximum Gasteiger partial charge on any atom is 0.559 e.